The third-order valence-electron chi connectivity index (χ3n) is 2.62. The van der Waals surface area contributed by atoms with Gasteiger partial charge in [0.05, 0.1) is 5.25 Å². The first-order chi connectivity index (χ1) is 8.01. The van der Waals surface area contributed by atoms with Crippen LogP contribution in [0, 0.1) is 5.92 Å². The van der Waals surface area contributed by atoms with E-state index in [2.05, 4.69) is 26.1 Å². The zero-order chi connectivity index (χ0) is 13.3. The molecule has 0 fully saturated rings. The third-order valence-corrected chi connectivity index (χ3v) is 3.86. The van der Waals surface area contributed by atoms with Gasteiger partial charge in [0.15, 0.2) is 0 Å². The van der Waals surface area contributed by atoms with Crippen molar-refractivity contribution < 1.29 is 4.79 Å². The summed E-state index contributed by atoms with van der Waals surface area (Å²) in [6, 6.07) is 0.122. The molecule has 2 atom stereocenters. The summed E-state index contributed by atoms with van der Waals surface area (Å²) in [6.45, 7) is 8.95. The van der Waals surface area contributed by atoms with Crippen LogP contribution in [0.5, 0.6) is 0 Å². The number of unbranched alkanes of at least 4 members (excludes halogenated alkanes) is 1. The lowest BCUT2D eigenvalue weighted by Gasteiger charge is -2.21. The van der Waals surface area contributed by atoms with Gasteiger partial charge in [0.25, 0.3) is 0 Å². The Kier molecular flexibility index (Phi) is 9.65. The highest BCUT2D eigenvalue weighted by Crippen LogP contribution is 2.13. The third kappa shape index (κ3) is 8.50. The molecule has 0 rings (SSSR count). The molecule has 0 heterocycles. The van der Waals surface area contributed by atoms with Crippen molar-refractivity contribution >= 4 is 17.7 Å². The summed E-state index contributed by atoms with van der Waals surface area (Å²) in [7, 11) is 0. The van der Waals surface area contributed by atoms with Gasteiger partial charge in [0.2, 0.25) is 5.91 Å². The van der Waals surface area contributed by atoms with Crippen LogP contribution in [-0.2, 0) is 4.79 Å². The standard InChI is InChI=1S/C13H28N2OS/c1-5-6-7-17-11(4)13(16)15-12(9-14)8-10(2)3/h10-12H,5-9,14H2,1-4H3,(H,15,16). The summed E-state index contributed by atoms with van der Waals surface area (Å²) in [4.78, 5) is 11.9. The smallest absolute Gasteiger partial charge is 0.233 e. The van der Waals surface area contributed by atoms with E-state index in [1.165, 1.54) is 12.8 Å². The van der Waals surface area contributed by atoms with Gasteiger partial charge in [-0.1, -0.05) is 27.2 Å². The number of hydrogen-bond donors (Lipinski definition) is 2. The Balaban J connectivity index is 3.94. The normalized spacial score (nSPS) is 14.7. The molecule has 2 unspecified atom stereocenters. The van der Waals surface area contributed by atoms with E-state index >= 15 is 0 Å². The van der Waals surface area contributed by atoms with Crippen LogP contribution in [0.4, 0.5) is 0 Å². The Hall–Kier alpha value is -0.220. The molecule has 0 aliphatic rings. The summed E-state index contributed by atoms with van der Waals surface area (Å²) in [5.41, 5.74) is 5.67. The average molecular weight is 260 g/mol. The van der Waals surface area contributed by atoms with E-state index in [4.69, 9.17) is 5.73 Å². The van der Waals surface area contributed by atoms with Gasteiger partial charge in [-0.25, -0.2) is 0 Å². The van der Waals surface area contributed by atoms with E-state index in [0.29, 0.717) is 12.5 Å². The van der Waals surface area contributed by atoms with Crippen molar-refractivity contribution in [2.75, 3.05) is 12.3 Å². The topological polar surface area (TPSA) is 55.1 Å². The minimum atomic E-state index is 0.0303. The Morgan fingerprint density at radius 3 is 2.47 bits per heavy atom. The second-order valence-corrected chi connectivity index (χ2v) is 6.39. The number of amides is 1. The minimum absolute atomic E-state index is 0.0303. The number of thioether (sulfide) groups is 1. The van der Waals surface area contributed by atoms with Gasteiger partial charge in [-0.3, -0.25) is 4.79 Å². The molecule has 0 aromatic carbocycles. The molecule has 0 aromatic heterocycles. The fraction of sp³-hybridized carbons (Fsp3) is 0.923. The number of nitrogens with two attached hydrogens (primary N) is 1. The highest BCUT2D eigenvalue weighted by molar-refractivity contribution is 8.00. The van der Waals surface area contributed by atoms with Gasteiger partial charge in [-0.15, -0.1) is 11.8 Å². The Bertz CT molecular complexity index is 210. The van der Waals surface area contributed by atoms with Crippen molar-refractivity contribution in [2.45, 2.75) is 58.2 Å². The van der Waals surface area contributed by atoms with Gasteiger partial charge < -0.3 is 11.1 Å². The molecule has 0 spiro atoms. The van der Waals surface area contributed by atoms with Crippen molar-refractivity contribution in [3.8, 4) is 0 Å². The van der Waals surface area contributed by atoms with E-state index in [-0.39, 0.29) is 17.2 Å². The van der Waals surface area contributed by atoms with E-state index in [0.717, 1.165) is 12.2 Å². The first-order valence-electron chi connectivity index (χ1n) is 6.63. The molecule has 4 heteroatoms. The van der Waals surface area contributed by atoms with Crippen LogP contribution < -0.4 is 11.1 Å². The highest BCUT2D eigenvalue weighted by Gasteiger charge is 2.17. The number of nitrogens with one attached hydrogen (secondary N) is 1. The van der Waals surface area contributed by atoms with E-state index in [1.54, 1.807) is 11.8 Å². The largest absolute Gasteiger partial charge is 0.351 e. The maximum Gasteiger partial charge on any atom is 0.233 e. The zero-order valence-electron chi connectivity index (χ0n) is 11.7. The Morgan fingerprint density at radius 1 is 1.35 bits per heavy atom. The summed E-state index contributed by atoms with van der Waals surface area (Å²) in [5.74, 6) is 1.75. The van der Waals surface area contributed by atoms with Crippen LogP contribution >= 0.6 is 11.8 Å². The quantitative estimate of drug-likeness (QED) is 0.626. The number of carbonyl (C=O) groups is 1. The number of hydrogen-bond acceptors (Lipinski definition) is 3. The average Bonchev–Trinajstić information content (AvgIpc) is 2.27. The van der Waals surface area contributed by atoms with Gasteiger partial charge in [0.1, 0.15) is 0 Å². The maximum absolute atomic E-state index is 11.9. The van der Waals surface area contributed by atoms with Gasteiger partial charge in [-0.05, 0) is 31.4 Å². The van der Waals surface area contributed by atoms with Gasteiger partial charge in [-0.2, -0.15) is 0 Å². The lowest BCUT2D eigenvalue weighted by atomic mass is 10.0. The molecular weight excluding hydrogens is 232 g/mol. The summed E-state index contributed by atoms with van der Waals surface area (Å²) in [6.07, 6.45) is 3.31. The highest BCUT2D eigenvalue weighted by atomic mass is 32.2. The minimum Gasteiger partial charge on any atom is -0.351 e. The molecule has 1 amide bonds. The molecule has 0 aliphatic carbocycles. The molecule has 0 radical (unpaired) electrons. The van der Waals surface area contributed by atoms with Crippen molar-refractivity contribution in [3.05, 3.63) is 0 Å². The first kappa shape index (κ1) is 16.8. The lowest BCUT2D eigenvalue weighted by molar-refractivity contribution is -0.121. The summed E-state index contributed by atoms with van der Waals surface area (Å²) in [5, 5.41) is 3.07. The van der Waals surface area contributed by atoms with Gasteiger partial charge >= 0.3 is 0 Å². The monoisotopic (exact) mass is 260 g/mol. The van der Waals surface area contributed by atoms with Crippen molar-refractivity contribution in [2.24, 2.45) is 11.7 Å². The van der Waals surface area contributed by atoms with Gasteiger partial charge in [0, 0.05) is 12.6 Å². The SMILES string of the molecule is CCCCSC(C)C(=O)NC(CN)CC(C)C. The van der Waals surface area contributed by atoms with Crippen LogP contribution in [0.15, 0.2) is 0 Å². The second-order valence-electron chi connectivity index (χ2n) is 4.94. The molecule has 0 bridgehead atoms. The van der Waals surface area contributed by atoms with Crippen LogP contribution in [0.2, 0.25) is 0 Å². The fourth-order valence-corrected chi connectivity index (χ4v) is 2.61. The molecule has 3 N–H and O–H groups in total. The molecular formula is C13H28N2OS. The molecule has 0 aliphatic heterocycles. The Morgan fingerprint density at radius 2 is 2.00 bits per heavy atom. The summed E-state index contributed by atoms with van der Waals surface area (Å²) >= 11 is 1.73. The zero-order valence-corrected chi connectivity index (χ0v) is 12.5. The molecule has 102 valence electrons. The van der Waals surface area contributed by atoms with Crippen LogP contribution in [0.25, 0.3) is 0 Å². The van der Waals surface area contributed by atoms with Crippen LogP contribution in [0.3, 0.4) is 0 Å². The second kappa shape index (κ2) is 9.77. The summed E-state index contributed by atoms with van der Waals surface area (Å²) < 4.78 is 0. The molecule has 3 nitrogen and oxygen atoms in total. The van der Waals surface area contributed by atoms with Crippen molar-refractivity contribution in [1.29, 1.82) is 0 Å². The fourth-order valence-electron chi connectivity index (χ4n) is 1.58. The number of carbonyl (C=O) groups excluding carboxylic acids is 1. The predicted molar refractivity (Wildman–Crippen MR) is 77.3 cm³/mol. The molecule has 0 aromatic rings. The van der Waals surface area contributed by atoms with Crippen molar-refractivity contribution in [1.82, 2.24) is 5.32 Å². The predicted octanol–water partition coefficient (Wildman–Crippen LogP) is 2.40. The van der Waals surface area contributed by atoms with Crippen molar-refractivity contribution in [3.63, 3.8) is 0 Å². The lowest BCUT2D eigenvalue weighted by Crippen LogP contribution is -2.44. The molecule has 17 heavy (non-hydrogen) atoms. The first-order valence-corrected chi connectivity index (χ1v) is 7.68. The Labute approximate surface area is 110 Å². The van der Waals surface area contributed by atoms with E-state index < -0.39 is 0 Å². The van der Waals surface area contributed by atoms with E-state index in [9.17, 15) is 4.79 Å². The number of rotatable bonds is 9. The van der Waals surface area contributed by atoms with Crippen LogP contribution in [-0.4, -0.2) is 29.5 Å². The van der Waals surface area contributed by atoms with E-state index in [1.807, 2.05) is 6.92 Å². The molecule has 0 saturated carbocycles. The molecule has 0 saturated heterocycles. The maximum atomic E-state index is 11.9. The van der Waals surface area contributed by atoms with Crippen LogP contribution in [0.1, 0.15) is 47.0 Å².